The van der Waals surface area contributed by atoms with Crippen LogP contribution in [0.25, 0.3) is 0 Å². The summed E-state index contributed by atoms with van der Waals surface area (Å²) in [4.78, 5) is 21.0. The Morgan fingerprint density at radius 2 is 1.60 bits per heavy atom. The minimum absolute atomic E-state index is 0.0681. The molecule has 116 valence electrons. The zero-order valence-corrected chi connectivity index (χ0v) is 12.2. The number of epoxide rings is 2. The third-order valence-electron chi connectivity index (χ3n) is 3.11. The van der Waals surface area contributed by atoms with Crippen LogP contribution in [0.2, 0.25) is 0 Å². The first-order chi connectivity index (χ1) is 9.65. The van der Waals surface area contributed by atoms with E-state index in [9.17, 15) is 9.59 Å². The fourth-order valence-corrected chi connectivity index (χ4v) is 1.64. The van der Waals surface area contributed by atoms with E-state index in [4.69, 9.17) is 10.5 Å². The highest BCUT2D eigenvalue weighted by molar-refractivity contribution is 5.82. The molecule has 0 aromatic carbocycles. The molecule has 2 saturated heterocycles. The second-order valence-corrected chi connectivity index (χ2v) is 5.11. The smallest absolute Gasteiger partial charge is 0.251 e. The Morgan fingerprint density at radius 3 is 2.05 bits per heavy atom. The number of nitrogens with two attached hydrogens (primary N) is 1. The molecule has 20 heavy (non-hydrogen) atoms. The molecule has 0 bridgehead atoms. The third kappa shape index (κ3) is 8.87. The van der Waals surface area contributed by atoms with E-state index in [0.29, 0.717) is 13.2 Å². The van der Waals surface area contributed by atoms with Gasteiger partial charge in [0, 0.05) is 6.54 Å². The van der Waals surface area contributed by atoms with Crippen LogP contribution in [0.5, 0.6) is 0 Å². The Balaban J connectivity index is 0.000000276. The number of rotatable bonds is 9. The quantitative estimate of drug-likeness (QED) is 0.482. The van der Waals surface area contributed by atoms with E-state index < -0.39 is 0 Å². The summed E-state index contributed by atoms with van der Waals surface area (Å²) in [5.41, 5.74) is 4.73. The lowest BCUT2D eigenvalue weighted by Gasteiger charge is -2.02. The maximum atomic E-state index is 11.1. The molecule has 0 aromatic heterocycles. The highest BCUT2D eigenvalue weighted by Gasteiger charge is 2.30. The van der Waals surface area contributed by atoms with Crippen molar-refractivity contribution in [3.8, 4) is 0 Å². The van der Waals surface area contributed by atoms with Gasteiger partial charge in [-0.3, -0.25) is 9.59 Å². The summed E-state index contributed by atoms with van der Waals surface area (Å²) >= 11 is 0. The summed E-state index contributed by atoms with van der Waals surface area (Å²) in [7, 11) is 0. The normalized spacial score (nSPS) is 22.4. The molecular formula is C14H26N2O4. The number of primary amides is 1. The van der Waals surface area contributed by atoms with Gasteiger partial charge < -0.3 is 20.5 Å². The van der Waals surface area contributed by atoms with E-state index >= 15 is 0 Å². The van der Waals surface area contributed by atoms with Gasteiger partial charge in [-0.1, -0.05) is 39.0 Å². The first kappa shape index (κ1) is 16.9. The van der Waals surface area contributed by atoms with Crippen LogP contribution in [0.15, 0.2) is 0 Å². The number of ether oxygens (including phenoxy) is 2. The van der Waals surface area contributed by atoms with Crippen LogP contribution in [0.3, 0.4) is 0 Å². The lowest BCUT2D eigenvalue weighted by Crippen LogP contribution is -2.28. The van der Waals surface area contributed by atoms with Crippen LogP contribution >= 0.6 is 0 Å². The van der Waals surface area contributed by atoms with E-state index in [1.165, 1.54) is 32.1 Å². The Bertz CT molecular complexity index is 302. The number of nitrogens with one attached hydrogen (secondary N) is 1. The minimum Gasteiger partial charge on any atom is -0.367 e. The molecule has 3 N–H and O–H groups in total. The topological polar surface area (TPSA) is 97.2 Å². The van der Waals surface area contributed by atoms with Crippen molar-refractivity contribution in [2.75, 3.05) is 19.8 Å². The van der Waals surface area contributed by atoms with E-state index in [-0.39, 0.29) is 24.0 Å². The van der Waals surface area contributed by atoms with Crippen LogP contribution in [-0.4, -0.2) is 43.8 Å². The number of hydrogen-bond donors (Lipinski definition) is 2. The van der Waals surface area contributed by atoms with Crippen molar-refractivity contribution >= 4 is 11.8 Å². The van der Waals surface area contributed by atoms with Crippen molar-refractivity contribution in [3.05, 3.63) is 0 Å². The zero-order valence-electron chi connectivity index (χ0n) is 12.2. The predicted octanol–water partition coefficient (Wildman–Crippen LogP) is 0.732. The SMILES string of the molecule is CCCCCCCCNC(=O)C1CO1.NC(=O)C1CO1. The summed E-state index contributed by atoms with van der Waals surface area (Å²) < 4.78 is 9.36. The van der Waals surface area contributed by atoms with Crippen molar-refractivity contribution in [2.45, 2.75) is 57.7 Å². The van der Waals surface area contributed by atoms with Crippen molar-refractivity contribution < 1.29 is 19.1 Å². The predicted molar refractivity (Wildman–Crippen MR) is 75.1 cm³/mol. The van der Waals surface area contributed by atoms with E-state index in [1.54, 1.807) is 0 Å². The molecular weight excluding hydrogens is 260 g/mol. The average molecular weight is 286 g/mol. The van der Waals surface area contributed by atoms with Gasteiger partial charge in [-0.25, -0.2) is 0 Å². The maximum absolute atomic E-state index is 11.1. The molecule has 0 spiro atoms. The number of carbonyl (C=O) groups excluding carboxylic acids is 2. The molecule has 0 aromatic rings. The fourth-order valence-electron chi connectivity index (χ4n) is 1.64. The van der Waals surface area contributed by atoms with Gasteiger partial charge in [0.25, 0.3) is 5.91 Å². The van der Waals surface area contributed by atoms with Crippen LogP contribution in [0.4, 0.5) is 0 Å². The van der Waals surface area contributed by atoms with Gasteiger partial charge in [-0.2, -0.15) is 0 Å². The molecule has 2 unspecified atom stereocenters. The monoisotopic (exact) mass is 286 g/mol. The standard InChI is InChI=1S/C11H21NO2.C3H5NO2/c1-2-3-4-5-6-7-8-12-11(13)10-9-14-10;4-3(5)2-1-6-2/h10H,2-9H2,1H3,(H,12,13);2H,1H2,(H2,4,5). The summed E-state index contributed by atoms with van der Waals surface area (Å²) in [5, 5.41) is 2.87. The highest BCUT2D eigenvalue weighted by atomic mass is 16.6. The van der Waals surface area contributed by atoms with Gasteiger partial charge in [0.15, 0.2) is 12.2 Å². The van der Waals surface area contributed by atoms with Crippen LogP contribution < -0.4 is 11.1 Å². The molecule has 2 atom stereocenters. The first-order valence-electron chi connectivity index (χ1n) is 7.45. The minimum atomic E-state index is -0.352. The van der Waals surface area contributed by atoms with Gasteiger partial charge in [0.1, 0.15) is 0 Å². The molecule has 2 rings (SSSR count). The lowest BCUT2D eigenvalue weighted by molar-refractivity contribution is -0.122. The van der Waals surface area contributed by atoms with Gasteiger partial charge in [0.05, 0.1) is 13.2 Å². The Kier molecular flexibility index (Phi) is 8.22. The molecule has 0 saturated carbocycles. The second-order valence-electron chi connectivity index (χ2n) is 5.11. The molecule has 0 radical (unpaired) electrons. The molecule has 2 fully saturated rings. The van der Waals surface area contributed by atoms with Crippen LogP contribution in [0.1, 0.15) is 45.4 Å². The van der Waals surface area contributed by atoms with E-state index in [1.807, 2.05) is 0 Å². The number of amides is 2. The zero-order chi connectivity index (χ0) is 14.8. The third-order valence-corrected chi connectivity index (χ3v) is 3.11. The number of hydrogen-bond acceptors (Lipinski definition) is 4. The molecule has 6 nitrogen and oxygen atoms in total. The highest BCUT2D eigenvalue weighted by Crippen LogP contribution is 2.08. The van der Waals surface area contributed by atoms with Crippen molar-refractivity contribution in [1.82, 2.24) is 5.32 Å². The molecule has 0 aliphatic carbocycles. The average Bonchev–Trinajstić information content (AvgIpc) is 3.31. The molecule has 2 amide bonds. The molecule has 2 aliphatic rings. The second kappa shape index (κ2) is 9.72. The Labute approximate surface area is 120 Å². The number of unbranched alkanes of at least 4 members (excludes halogenated alkanes) is 5. The van der Waals surface area contributed by atoms with E-state index in [2.05, 4.69) is 17.0 Å². The largest absolute Gasteiger partial charge is 0.367 e. The Hall–Kier alpha value is -1.14. The maximum Gasteiger partial charge on any atom is 0.251 e. The molecule has 2 aliphatic heterocycles. The van der Waals surface area contributed by atoms with Crippen LogP contribution in [0, 0.1) is 0 Å². The van der Waals surface area contributed by atoms with Crippen molar-refractivity contribution in [2.24, 2.45) is 5.73 Å². The summed E-state index contributed by atoms with van der Waals surface area (Å²) in [6, 6.07) is 0. The molecule has 2 heterocycles. The fraction of sp³-hybridized carbons (Fsp3) is 0.857. The summed E-state index contributed by atoms with van der Waals surface area (Å²) in [5.74, 6) is -0.284. The Morgan fingerprint density at radius 1 is 1.05 bits per heavy atom. The van der Waals surface area contributed by atoms with Gasteiger partial charge >= 0.3 is 0 Å². The summed E-state index contributed by atoms with van der Waals surface area (Å²) in [6.45, 7) is 4.17. The molecule has 6 heteroatoms. The van der Waals surface area contributed by atoms with Gasteiger partial charge in [-0.05, 0) is 6.42 Å². The lowest BCUT2D eigenvalue weighted by atomic mass is 10.1. The van der Waals surface area contributed by atoms with Crippen molar-refractivity contribution in [3.63, 3.8) is 0 Å². The van der Waals surface area contributed by atoms with E-state index in [0.717, 1.165) is 13.0 Å². The number of carbonyl (C=O) groups is 2. The summed E-state index contributed by atoms with van der Waals surface area (Å²) in [6.07, 6.45) is 7.19. The van der Waals surface area contributed by atoms with Crippen molar-refractivity contribution in [1.29, 1.82) is 0 Å². The first-order valence-corrected chi connectivity index (χ1v) is 7.45. The van der Waals surface area contributed by atoms with Crippen LogP contribution in [-0.2, 0) is 19.1 Å². The van der Waals surface area contributed by atoms with Gasteiger partial charge in [-0.15, -0.1) is 0 Å². The van der Waals surface area contributed by atoms with Gasteiger partial charge in [0.2, 0.25) is 5.91 Å².